The van der Waals surface area contributed by atoms with Gasteiger partial charge in [-0.25, -0.2) is 4.39 Å². The van der Waals surface area contributed by atoms with Crippen molar-refractivity contribution in [3.05, 3.63) is 70.8 Å². The monoisotopic (exact) mass is 371 g/mol. The highest BCUT2D eigenvalue weighted by atomic mass is 35.5. The molecule has 7 heteroatoms. The maximum Gasteiger partial charge on any atom is 0.232 e. The molecule has 1 amide bonds. The molecular weight excluding hydrogens is 357 g/mol. The van der Waals surface area contributed by atoms with Crippen LogP contribution >= 0.6 is 11.6 Å². The van der Waals surface area contributed by atoms with Crippen molar-refractivity contribution in [1.82, 2.24) is 15.0 Å². The first-order valence-corrected chi connectivity index (χ1v) is 8.59. The summed E-state index contributed by atoms with van der Waals surface area (Å²) in [6.07, 6.45) is 0.263. The van der Waals surface area contributed by atoms with Crippen molar-refractivity contribution < 1.29 is 13.7 Å². The molecule has 4 rings (SSSR count). The fraction of sp³-hybridized carbons (Fsp3) is 0.211. The van der Waals surface area contributed by atoms with E-state index in [1.165, 1.54) is 6.07 Å². The molecule has 1 unspecified atom stereocenters. The van der Waals surface area contributed by atoms with Crippen molar-refractivity contribution in [2.24, 2.45) is 0 Å². The first kappa shape index (κ1) is 16.7. The van der Waals surface area contributed by atoms with Crippen molar-refractivity contribution >= 4 is 17.5 Å². The summed E-state index contributed by atoms with van der Waals surface area (Å²) in [5.74, 6) is 0.200. The van der Waals surface area contributed by atoms with E-state index in [0.29, 0.717) is 34.4 Å². The highest BCUT2D eigenvalue weighted by Crippen LogP contribution is 2.31. The predicted molar refractivity (Wildman–Crippen MR) is 93.9 cm³/mol. The number of hydrogen-bond acceptors (Lipinski definition) is 4. The maximum absolute atomic E-state index is 13.8. The lowest BCUT2D eigenvalue weighted by Crippen LogP contribution is -2.24. The van der Waals surface area contributed by atoms with Crippen LogP contribution in [0.1, 0.15) is 23.8 Å². The normalized spacial score (nSPS) is 17.1. The molecule has 0 radical (unpaired) electrons. The van der Waals surface area contributed by atoms with Crippen LogP contribution in [-0.4, -0.2) is 27.5 Å². The van der Waals surface area contributed by atoms with Crippen LogP contribution in [0.4, 0.5) is 4.39 Å². The van der Waals surface area contributed by atoms with E-state index in [-0.39, 0.29) is 30.6 Å². The lowest BCUT2D eigenvalue weighted by atomic mass is 10.1. The van der Waals surface area contributed by atoms with Crippen LogP contribution in [0.3, 0.4) is 0 Å². The highest BCUT2D eigenvalue weighted by molar-refractivity contribution is 6.33. The largest absolute Gasteiger partial charge is 0.339 e. The van der Waals surface area contributed by atoms with Crippen LogP contribution in [0.25, 0.3) is 11.4 Å². The minimum atomic E-state index is -0.317. The third-order valence-electron chi connectivity index (χ3n) is 4.44. The SMILES string of the molecule is O=C1CC(c2nc(-c3ccccc3Cl)no2)CN1Cc1ccccc1F. The standard InChI is InChI=1S/C19H15ClFN3O2/c20-15-7-3-2-6-14(15)18-22-19(26-23-18)13-9-17(25)24(11-13)10-12-5-1-4-8-16(12)21/h1-8,13H,9-11H2. The van der Waals surface area contributed by atoms with E-state index in [1.54, 1.807) is 35.2 Å². The number of aromatic nitrogens is 2. The summed E-state index contributed by atoms with van der Waals surface area (Å²) < 4.78 is 19.2. The van der Waals surface area contributed by atoms with Gasteiger partial charge < -0.3 is 9.42 Å². The Labute approximate surface area is 154 Å². The summed E-state index contributed by atoms with van der Waals surface area (Å²) in [5.41, 5.74) is 1.17. The fourth-order valence-corrected chi connectivity index (χ4v) is 3.30. The first-order chi connectivity index (χ1) is 12.6. The molecule has 0 aliphatic carbocycles. The van der Waals surface area contributed by atoms with Gasteiger partial charge in [0.05, 0.1) is 10.9 Å². The fourth-order valence-electron chi connectivity index (χ4n) is 3.08. The molecule has 2 heterocycles. The second-order valence-electron chi connectivity index (χ2n) is 6.20. The molecule has 1 aliphatic heterocycles. The van der Waals surface area contributed by atoms with Crippen LogP contribution in [0.5, 0.6) is 0 Å². The number of amides is 1. The Morgan fingerprint density at radius 2 is 1.96 bits per heavy atom. The molecule has 0 N–H and O–H groups in total. The molecule has 26 heavy (non-hydrogen) atoms. The Bertz CT molecular complexity index is 959. The van der Waals surface area contributed by atoms with Crippen molar-refractivity contribution in [2.45, 2.75) is 18.9 Å². The summed E-state index contributed by atoms with van der Waals surface area (Å²) >= 11 is 6.16. The second-order valence-corrected chi connectivity index (χ2v) is 6.61. The molecule has 1 aromatic heterocycles. The summed E-state index contributed by atoms with van der Waals surface area (Å²) in [6, 6.07) is 13.7. The smallest absolute Gasteiger partial charge is 0.232 e. The summed E-state index contributed by atoms with van der Waals surface area (Å²) in [4.78, 5) is 18.3. The highest BCUT2D eigenvalue weighted by Gasteiger charge is 2.34. The third kappa shape index (κ3) is 3.20. The van der Waals surface area contributed by atoms with Gasteiger partial charge in [0.1, 0.15) is 5.82 Å². The summed E-state index contributed by atoms with van der Waals surface area (Å²) in [6.45, 7) is 0.644. The molecule has 0 bridgehead atoms. The number of benzene rings is 2. The second kappa shape index (κ2) is 6.88. The Balaban J connectivity index is 1.51. The molecule has 1 atom stereocenters. The van der Waals surface area contributed by atoms with Gasteiger partial charge in [-0.3, -0.25) is 4.79 Å². The molecule has 1 fully saturated rings. The van der Waals surface area contributed by atoms with E-state index >= 15 is 0 Å². The van der Waals surface area contributed by atoms with Crippen molar-refractivity contribution in [3.63, 3.8) is 0 Å². The van der Waals surface area contributed by atoms with E-state index in [0.717, 1.165) is 0 Å². The number of rotatable bonds is 4. The van der Waals surface area contributed by atoms with Gasteiger partial charge in [-0.15, -0.1) is 0 Å². The molecule has 1 saturated heterocycles. The quantitative estimate of drug-likeness (QED) is 0.694. The zero-order valence-electron chi connectivity index (χ0n) is 13.7. The van der Waals surface area contributed by atoms with Crippen LogP contribution in [0.15, 0.2) is 53.1 Å². The van der Waals surface area contributed by atoms with Crippen LogP contribution in [0, 0.1) is 5.82 Å². The summed E-state index contributed by atoms with van der Waals surface area (Å²) in [5, 5.41) is 4.51. The lowest BCUT2D eigenvalue weighted by Gasteiger charge is -2.16. The number of carbonyl (C=O) groups is 1. The zero-order valence-corrected chi connectivity index (χ0v) is 14.5. The van der Waals surface area contributed by atoms with Crippen LogP contribution in [0.2, 0.25) is 5.02 Å². The molecule has 2 aromatic carbocycles. The Morgan fingerprint density at radius 1 is 1.19 bits per heavy atom. The lowest BCUT2D eigenvalue weighted by molar-refractivity contribution is -0.128. The van der Waals surface area contributed by atoms with Crippen molar-refractivity contribution in [1.29, 1.82) is 0 Å². The zero-order chi connectivity index (χ0) is 18.1. The van der Waals surface area contributed by atoms with Gasteiger partial charge in [-0.05, 0) is 18.2 Å². The van der Waals surface area contributed by atoms with Crippen molar-refractivity contribution in [2.75, 3.05) is 6.54 Å². The van der Waals surface area contributed by atoms with E-state index in [4.69, 9.17) is 16.1 Å². The predicted octanol–water partition coefficient (Wildman–Crippen LogP) is 4.05. The van der Waals surface area contributed by atoms with Gasteiger partial charge in [0.2, 0.25) is 17.6 Å². The van der Waals surface area contributed by atoms with Gasteiger partial charge in [-0.2, -0.15) is 4.98 Å². The molecule has 0 saturated carbocycles. The number of likely N-dealkylation sites (tertiary alicyclic amines) is 1. The minimum Gasteiger partial charge on any atom is -0.339 e. The Hall–Kier alpha value is -2.73. The van der Waals surface area contributed by atoms with E-state index < -0.39 is 0 Å². The molecule has 132 valence electrons. The van der Waals surface area contributed by atoms with Crippen molar-refractivity contribution in [3.8, 4) is 11.4 Å². The van der Waals surface area contributed by atoms with E-state index in [9.17, 15) is 9.18 Å². The average molecular weight is 372 g/mol. The van der Waals surface area contributed by atoms with Gasteiger partial charge in [-0.1, -0.05) is 47.1 Å². The minimum absolute atomic E-state index is 0.0595. The third-order valence-corrected chi connectivity index (χ3v) is 4.77. The molecular formula is C19H15ClFN3O2. The molecule has 3 aromatic rings. The van der Waals surface area contributed by atoms with E-state index in [2.05, 4.69) is 10.1 Å². The number of halogens is 2. The van der Waals surface area contributed by atoms with Gasteiger partial charge in [0.15, 0.2) is 0 Å². The Morgan fingerprint density at radius 3 is 2.77 bits per heavy atom. The Kier molecular flexibility index (Phi) is 4.42. The molecule has 5 nitrogen and oxygen atoms in total. The first-order valence-electron chi connectivity index (χ1n) is 8.21. The average Bonchev–Trinajstić information content (AvgIpc) is 3.25. The topological polar surface area (TPSA) is 59.2 Å². The summed E-state index contributed by atoms with van der Waals surface area (Å²) in [7, 11) is 0. The van der Waals surface area contributed by atoms with Gasteiger partial charge in [0, 0.05) is 30.6 Å². The van der Waals surface area contributed by atoms with Gasteiger partial charge >= 0.3 is 0 Å². The van der Waals surface area contributed by atoms with Crippen LogP contribution < -0.4 is 0 Å². The molecule has 1 aliphatic rings. The number of carbonyl (C=O) groups excluding carboxylic acids is 1. The molecule has 0 spiro atoms. The van der Waals surface area contributed by atoms with E-state index in [1.807, 2.05) is 12.1 Å². The number of hydrogen-bond donors (Lipinski definition) is 0. The number of nitrogens with zero attached hydrogens (tertiary/aromatic N) is 3. The van der Waals surface area contributed by atoms with Crippen LogP contribution in [-0.2, 0) is 11.3 Å². The van der Waals surface area contributed by atoms with Gasteiger partial charge in [0.25, 0.3) is 0 Å². The maximum atomic E-state index is 13.8.